The van der Waals surface area contributed by atoms with E-state index in [2.05, 4.69) is 10.3 Å². The molecular formula is C18H18FN3O2. The molecule has 0 saturated carbocycles. The lowest BCUT2D eigenvalue weighted by Crippen LogP contribution is -2.10. The summed E-state index contributed by atoms with van der Waals surface area (Å²) in [5.41, 5.74) is 3.87. The van der Waals surface area contributed by atoms with Crippen LogP contribution >= 0.6 is 0 Å². The maximum atomic E-state index is 14.2. The lowest BCUT2D eigenvalue weighted by Gasteiger charge is -2.12. The predicted octanol–water partition coefficient (Wildman–Crippen LogP) is 3.35. The Kier molecular flexibility index (Phi) is 4.00. The Balaban J connectivity index is 1.90. The Hall–Kier alpha value is -2.31. The summed E-state index contributed by atoms with van der Waals surface area (Å²) in [5, 5.41) is 8.67. The highest BCUT2D eigenvalue weighted by molar-refractivity contribution is 5.86. The van der Waals surface area contributed by atoms with Crippen LogP contribution in [0.1, 0.15) is 18.0 Å². The highest BCUT2D eigenvalue weighted by Crippen LogP contribution is 2.33. The first kappa shape index (κ1) is 15.2. The van der Waals surface area contributed by atoms with Gasteiger partial charge in [-0.05, 0) is 24.1 Å². The molecule has 3 aromatic rings. The van der Waals surface area contributed by atoms with E-state index in [-0.39, 0.29) is 11.9 Å². The van der Waals surface area contributed by atoms with E-state index in [0.717, 1.165) is 35.2 Å². The van der Waals surface area contributed by atoms with Crippen LogP contribution in [0.15, 0.2) is 36.4 Å². The zero-order chi connectivity index (χ0) is 16.5. The maximum Gasteiger partial charge on any atom is 0.131 e. The minimum atomic E-state index is -0.259. The molecule has 24 heavy (non-hydrogen) atoms. The van der Waals surface area contributed by atoms with Gasteiger partial charge in [-0.2, -0.15) is 0 Å². The summed E-state index contributed by atoms with van der Waals surface area (Å²) in [5.74, 6) is -0.259. The van der Waals surface area contributed by atoms with Gasteiger partial charge in [-0.1, -0.05) is 29.5 Å². The van der Waals surface area contributed by atoms with E-state index in [4.69, 9.17) is 9.47 Å². The quantitative estimate of drug-likeness (QED) is 0.737. The van der Waals surface area contributed by atoms with Crippen LogP contribution in [0.5, 0.6) is 0 Å². The van der Waals surface area contributed by atoms with Crippen LogP contribution in [-0.2, 0) is 16.1 Å². The number of aromatic nitrogens is 3. The van der Waals surface area contributed by atoms with E-state index < -0.39 is 0 Å². The van der Waals surface area contributed by atoms with Gasteiger partial charge in [0.05, 0.1) is 24.8 Å². The van der Waals surface area contributed by atoms with Crippen molar-refractivity contribution >= 4 is 11.0 Å². The molecule has 1 aromatic heterocycles. The van der Waals surface area contributed by atoms with Gasteiger partial charge in [0.2, 0.25) is 0 Å². The molecule has 1 aliphatic rings. The summed E-state index contributed by atoms with van der Waals surface area (Å²) in [6.07, 6.45) is 0.924. The third-order valence-corrected chi connectivity index (χ3v) is 4.45. The molecule has 0 N–H and O–H groups in total. The number of benzene rings is 2. The van der Waals surface area contributed by atoms with Crippen molar-refractivity contribution in [1.82, 2.24) is 15.0 Å². The largest absolute Gasteiger partial charge is 0.380 e. The normalized spacial score (nSPS) is 17.7. The van der Waals surface area contributed by atoms with Crippen LogP contribution in [0.4, 0.5) is 4.39 Å². The molecule has 0 radical (unpaired) electrons. The molecule has 1 unspecified atom stereocenters. The van der Waals surface area contributed by atoms with Gasteiger partial charge in [-0.25, -0.2) is 9.07 Å². The van der Waals surface area contributed by atoms with Crippen molar-refractivity contribution in [3.63, 3.8) is 0 Å². The zero-order valence-electron chi connectivity index (χ0n) is 13.4. The first-order valence-corrected chi connectivity index (χ1v) is 7.98. The lowest BCUT2D eigenvalue weighted by molar-refractivity contribution is 0.185. The Morgan fingerprint density at radius 3 is 2.88 bits per heavy atom. The molecule has 5 nitrogen and oxygen atoms in total. The van der Waals surface area contributed by atoms with Gasteiger partial charge < -0.3 is 9.47 Å². The topological polar surface area (TPSA) is 49.2 Å². The number of rotatable bonds is 4. The molecule has 4 rings (SSSR count). The molecule has 1 aliphatic heterocycles. The van der Waals surface area contributed by atoms with Gasteiger partial charge in [0, 0.05) is 24.8 Å². The smallest absolute Gasteiger partial charge is 0.131 e. The van der Waals surface area contributed by atoms with Crippen molar-refractivity contribution in [3.05, 3.63) is 47.8 Å². The molecule has 124 valence electrons. The van der Waals surface area contributed by atoms with Crippen LogP contribution in [0, 0.1) is 5.82 Å². The van der Waals surface area contributed by atoms with Gasteiger partial charge in [-0.3, -0.25) is 0 Å². The van der Waals surface area contributed by atoms with Crippen molar-refractivity contribution in [1.29, 1.82) is 0 Å². The van der Waals surface area contributed by atoms with Crippen molar-refractivity contribution in [2.24, 2.45) is 0 Å². The van der Waals surface area contributed by atoms with Gasteiger partial charge in [-0.15, -0.1) is 5.10 Å². The molecular weight excluding hydrogens is 309 g/mol. The van der Waals surface area contributed by atoms with Crippen LogP contribution < -0.4 is 0 Å². The van der Waals surface area contributed by atoms with E-state index in [1.54, 1.807) is 19.2 Å². The molecule has 2 aromatic carbocycles. The summed E-state index contributed by atoms with van der Waals surface area (Å²) in [6.45, 7) is 1.73. The highest BCUT2D eigenvalue weighted by Gasteiger charge is 2.23. The van der Waals surface area contributed by atoms with Crippen LogP contribution in [0.2, 0.25) is 0 Å². The molecule has 0 bridgehead atoms. The zero-order valence-corrected chi connectivity index (χ0v) is 13.4. The third kappa shape index (κ3) is 2.48. The summed E-state index contributed by atoms with van der Waals surface area (Å²) in [6, 6.07) is 10.8. The SMILES string of the molecule is COCc1c(-c2ccccc2F)ccc2c1nnn2C1CCOC1. The number of ether oxygens (including phenoxy) is 2. The average molecular weight is 327 g/mol. The fourth-order valence-electron chi connectivity index (χ4n) is 3.27. The van der Waals surface area contributed by atoms with Crippen LogP contribution in [0.3, 0.4) is 0 Å². The predicted molar refractivity (Wildman–Crippen MR) is 88.1 cm³/mol. The van der Waals surface area contributed by atoms with Gasteiger partial charge in [0.25, 0.3) is 0 Å². The standard InChI is InChI=1S/C18H18FN3O2/c1-23-11-15-13(14-4-2-3-5-16(14)19)6-7-17-18(15)20-21-22(17)12-8-9-24-10-12/h2-7,12H,8-11H2,1H3. The van der Waals surface area contributed by atoms with E-state index in [1.807, 2.05) is 22.9 Å². The minimum Gasteiger partial charge on any atom is -0.380 e. The molecule has 1 atom stereocenters. The molecule has 6 heteroatoms. The highest BCUT2D eigenvalue weighted by atomic mass is 19.1. The summed E-state index contributed by atoms with van der Waals surface area (Å²) in [4.78, 5) is 0. The van der Waals surface area contributed by atoms with E-state index >= 15 is 0 Å². The van der Waals surface area contributed by atoms with Gasteiger partial charge >= 0.3 is 0 Å². The second-order valence-corrected chi connectivity index (χ2v) is 5.92. The van der Waals surface area contributed by atoms with Crippen molar-refractivity contribution in [2.75, 3.05) is 20.3 Å². The summed E-state index contributed by atoms with van der Waals surface area (Å²) >= 11 is 0. The Morgan fingerprint density at radius 1 is 1.25 bits per heavy atom. The van der Waals surface area contributed by atoms with Gasteiger partial charge in [0.15, 0.2) is 0 Å². The molecule has 2 heterocycles. The maximum absolute atomic E-state index is 14.2. The van der Waals surface area contributed by atoms with Crippen molar-refractivity contribution in [3.8, 4) is 11.1 Å². The van der Waals surface area contributed by atoms with E-state index in [0.29, 0.717) is 18.8 Å². The molecule has 0 aliphatic carbocycles. The van der Waals surface area contributed by atoms with Crippen molar-refractivity contribution < 1.29 is 13.9 Å². The van der Waals surface area contributed by atoms with Gasteiger partial charge in [0.1, 0.15) is 11.3 Å². The second kappa shape index (κ2) is 6.30. The molecule has 1 fully saturated rings. The summed E-state index contributed by atoms with van der Waals surface area (Å²) in [7, 11) is 1.62. The van der Waals surface area contributed by atoms with Crippen LogP contribution in [0.25, 0.3) is 22.2 Å². The number of methoxy groups -OCH3 is 1. The average Bonchev–Trinajstić information content (AvgIpc) is 3.25. The van der Waals surface area contributed by atoms with E-state index in [9.17, 15) is 4.39 Å². The monoisotopic (exact) mass is 327 g/mol. The third-order valence-electron chi connectivity index (χ3n) is 4.45. The first-order chi connectivity index (χ1) is 11.8. The lowest BCUT2D eigenvalue weighted by atomic mass is 9.98. The second-order valence-electron chi connectivity index (χ2n) is 5.92. The number of hydrogen-bond acceptors (Lipinski definition) is 4. The molecule has 0 spiro atoms. The Labute approximate surface area is 139 Å². The number of nitrogens with zero attached hydrogens (tertiary/aromatic N) is 3. The molecule has 1 saturated heterocycles. The minimum absolute atomic E-state index is 0.199. The fourth-order valence-corrected chi connectivity index (χ4v) is 3.27. The number of hydrogen-bond donors (Lipinski definition) is 0. The fraction of sp³-hybridized carbons (Fsp3) is 0.333. The first-order valence-electron chi connectivity index (χ1n) is 7.98. The van der Waals surface area contributed by atoms with Crippen LogP contribution in [-0.4, -0.2) is 35.3 Å². The van der Waals surface area contributed by atoms with Crippen molar-refractivity contribution in [2.45, 2.75) is 19.1 Å². The number of fused-ring (bicyclic) bond motifs is 1. The summed E-state index contributed by atoms with van der Waals surface area (Å²) < 4.78 is 27.0. The Morgan fingerprint density at radius 2 is 2.12 bits per heavy atom. The molecule has 0 amide bonds. The van der Waals surface area contributed by atoms with E-state index in [1.165, 1.54) is 6.07 Å². The number of halogens is 1. The Bertz CT molecular complexity index is 872.